The van der Waals surface area contributed by atoms with E-state index in [1.807, 2.05) is 6.07 Å². The zero-order chi connectivity index (χ0) is 14.4. The summed E-state index contributed by atoms with van der Waals surface area (Å²) in [5, 5.41) is 0. The summed E-state index contributed by atoms with van der Waals surface area (Å²) in [7, 11) is 2.92. The fourth-order valence-corrected chi connectivity index (χ4v) is 2.13. The summed E-state index contributed by atoms with van der Waals surface area (Å²) in [4.78, 5) is 11.6. The van der Waals surface area contributed by atoms with Crippen molar-refractivity contribution < 1.29 is 23.7 Å². The summed E-state index contributed by atoms with van der Waals surface area (Å²) in [6.45, 7) is 1.13. The SMILES string of the molecule is COC(=O)c1cc(COC2CCCCO2)cc(OC)c1. The van der Waals surface area contributed by atoms with Crippen LogP contribution in [0.3, 0.4) is 0 Å². The van der Waals surface area contributed by atoms with Crippen LogP contribution in [0.2, 0.25) is 0 Å². The van der Waals surface area contributed by atoms with E-state index in [0.29, 0.717) is 17.9 Å². The van der Waals surface area contributed by atoms with Crippen molar-refractivity contribution in [2.75, 3.05) is 20.8 Å². The minimum absolute atomic E-state index is 0.156. The number of carbonyl (C=O) groups is 1. The van der Waals surface area contributed by atoms with Crippen LogP contribution < -0.4 is 4.74 Å². The molecule has 1 aliphatic rings. The van der Waals surface area contributed by atoms with Gasteiger partial charge in [0.15, 0.2) is 6.29 Å². The molecule has 1 unspecified atom stereocenters. The fourth-order valence-electron chi connectivity index (χ4n) is 2.13. The lowest BCUT2D eigenvalue weighted by Gasteiger charge is -2.22. The van der Waals surface area contributed by atoms with Crippen LogP contribution >= 0.6 is 0 Å². The Labute approximate surface area is 118 Å². The number of ether oxygens (including phenoxy) is 4. The first kappa shape index (κ1) is 14.8. The number of hydrogen-bond acceptors (Lipinski definition) is 5. The number of benzene rings is 1. The van der Waals surface area contributed by atoms with Gasteiger partial charge < -0.3 is 18.9 Å². The van der Waals surface area contributed by atoms with Gasteiger partial charge in [-0.2, -0.15) is 0 Å². The standard InChI is InChI=1S/C15H20O5/c1-17-13-8-11(7-12(9-13)15(16)18-2)10-20-14-5-3-4-6-19-14/h7-9,14H,3-6,10H2,1-2H3. The quantitative estimate of drug-likeness (QED) is 0.776. The first-order valence-corrected chi connectivity index (χ1v) is 6.72. The highest BCUT2D eigenvalue weighted by molar-refractivity contribution is 5.90. The van der Waals surface area contributed by atoms with Gasteiger partial charge in [-0.3, -0.25) is 0 Å². The molecule has 1 atom stereocenters. The second kappa shape index (κ2) is 7.26. The molecule has 0 aliphatic carbocycles. The van der Waals surface area contributed by atoms with Gasteiger partial charge in [0.05, 0.1) is 26.4 Å². The first-order valence-electron chi connectivity index (χ1n) is 6.72. The van der Waals surface area contributed by atoms with Crippen LogP contribution in [0.25, 0.3) is 0 Å². The van der Waals surface area contributed by atoms with E-state index in [-0.39, 0.29) is 12.3 Å². The monoisotopic (exact) mass is 280 g/mol. The van der Waals surface area contributed by atoms with Crippen LogP contribution in [0.4, 0.5) is 0 Å². The van der Waals surface area contributed by atoms with Crippen molar-refractivity contribution >= 4 is 5.97 Å². The summed E-state index contributed by atoms with van der Waals surface area (Å²) < 4.78 is 21.1. The van der Waals surface area contributed by atoms with Gasteiger partial charge in [0, 0.05) is 6.61 Å². The molecule has 1 aromatic rings. The molecule has 0 amide bonds. The van der Waals surface area contributed by atoms with Gasteiger partial charge in [0.1, 0.15) is 5.75 Å². The fraction of sp³-hybridized carbons (Fsp3) is 0.533. The predicted molar refractivity (Wildman–Crippen MR) is 72.7 cm³/mol. The van der Waals surface area contributed by atoms with Crippen LogP contribution in [0.1, 0.15) is 35.2 Å². The van der Waals surface area contributed by atoms with E-state index in [2.05, 4.69) is 0 Å². The Hall–Kier alpha value is -1.59. The largest absolute Gasteiger partial charge is 0.497 e. The highest BCUT2D eigenvalue weighted by Crippen LogP contribution is 2.20. The molecule has 1 fully saturated rings. The van der Waals surface area contributed by atoms with Crippen molar-refractivity contribution in [3.8, 4) is 5.75 Å². The molecule has 5 heteroatoms. The Morgan fingerprint density at radius 2 is 2.15 bits per heavy atom. The van der Waals surface area contributed by atoms with Crippen molar-refractivity contribution in [3.05, 3.63) is 29.3 Å². The van der Waals surface area contributed by atoms with Gasteiger partial charge in [-0.25, -0.2) is 4.79 Å². The average Bonchev–Trinajstić information content (AvgIpc) is 2.52. The lowest BCUT2D eigenvalue weighted by Crippen LogP contribution is -2.22. The van der Waals surface area contributed by atoms with Crippen LogP contribution in [0, 0.1) is 0 Å². The smallest absolute Gasteiger partial charge is 0.337 e. The van der Waals surface area contributed by atoms with Gasteiger partial charge in [-0.1, -0.05) is 0 Å². The van der Waals surface area contributed by atoms with Gasteiger partial charge in [0.2, 0.25) is 0 Å². The number of methoxy groups -OCH3 is 2. The highest BCUT2D eigenvalue weighted by atomic mass is 16.7. The maximum Gasteiger partial charge on any atom is 0.337 e. The third-order valence-electron chi connectivity index (χ3n) is 3.20. The zero-order valence-corrected chi connectivity index (χ0v) is 11.9. The Balaban J connectivity index is 2.03. The van der Waals surface area contributed by atoms with Gasteiger partial charge in [-0.05, 0) is 43.0 Å². The van der Waals surface area contributed by atoms with Crippen LogP contribution in [0.5, 0.6) is 5.75 Å². The first-order chi connectivity index (χ1) is 9.72. The third kappa shape index (κ3) is 3.95. The van der Waals surface area contributed by atoms with Crippen LogP contribution in [-0.4, -0.2) is 33.1 Å². The number of hydrogen-bond donors (Lipinski definition) is 0. The van der Waals surface area contributed by atoms with E-state index in [0.717, 1.165) is 31.4 Å². The Morgan fingerprint density at radius 3 is 2.80 bits per heavy atom. The Bertz CT molecular complexity index is 452. The van der Waals surface area contributed by atoms with Crippen LogP contribution in [-0.2, 0) is 20.8 Å². The maximum atomic E-state index is 11.6. The normalized spacial score (nSPS) is 18.6. The summed E-state index contributed by atoms with van der Waals surface area (Å²) in [6.07, 6.45) is 2.96. The van der Waals surface area contributed by atoms with Crippen molar-refractivity contribution in [1.29, 1.82) is 0 Å². The summed E-state index contributed by atoms with van der Waals surface area (Å²) in [6, 6.07) is 5.24. The van der Waals surface area contributed by atoms with E-state index in [1.54, 1.807) is 19.2 Å². The molecule has 2 rings (SSSR count). The lowest BCUT2D eigenvalue weighted by molar-refractivity contribution is -0.168. The molecule has 1 saturated heterocycles. The molecule has 0 spiro atoms. The Kier molecular flexibility index (Phi) is 5.38. The summed E-state index contributed by atoms with van der Waals surface area (Å²) in [5.74, 6) is 0.218. The van der Waals surface area contributed by atoms with Gasteiger partial charge in [-0.15, -0.1) is 0 Å². The molecular weight excluding hydrogens is 260 g/mol. The topological polar surface area (TPSA) is 54.0 Å². The van der Waals surface area contributed by atoms with E-state index < -0.39 is 0 Å². The van der Waals surface area contributed by atoms with E-state index >= 15 is 0 Å². The van der Waals surface area contributed by atoms with Crippen molar-refractivity contribution in [2.45, 2.75) is 32.2 Å². The second-order valence-electron chi connectivity index (χ2n) is 4.67. The minimum atomic E-state index is -0.390. The van der Waals surface area contributed by atoms with Gasteiger partial charge >= 0.3 is 5.97 Å². The number of esters is 1. The van der Waals surface area contributed by atoms with E-state index in [1.165, 1.54) is 7.11 Å². The molecule has 1 aliphatic heterocycles. The molecule has 0 aromatic heterocycles. The van der Waals surface area contributed by atoms with Gasteiger partial charge in [0.25, 0.3) is 0 Å². The average molecular weight is 280 g/mol. The molecule has 1 aromatic carbocycles. The second-order valence-corrected chi connectivity index (χ2v) is 4.67. The minimum Gasteiger partial charge on any atom is -0.497 e. The molecule has 0 saturated carbocycles. The molecule has 1 heterocycles. The highest BCUT2D eigenvalue weighted by Gasteiger charge is 2.15. The van der Waals surface area contributed by atoms with Crippen molar-refractivity contribution in [2.24, 2.45) is 0 Å². The maximum absolute atomic E-state index is 11.6. The lowest BCUT2D eigenvalue weighted by atomic mass is 10.1. The Morgan fingerprint density at radius 1 is 1.30 bits per heavy atom. The molecule has 5 nitrogen and oxygen atoms in total. The van der Waals surface area contributed by atoms with E-state index in [9.17, 15) is 4.79 Å². The number of carbonyl (C=O) groups excluding carboxylic acids is 1. The van der Waals surface area contributed by atoms with Crippen molar-refractivity contribution in [1.82, 2.24) is 0 Å². The third-order valence-corrected chi connectivity index (χ3v) is 3.20. The van der Waals surface area contributed by atoms with E-state index in [4.69, 9.17) is 18.9 Å². The summed E-state index contributed by atoms with van der Waals surface area (Å²) in [5.41, 5.74) is 1.31. The molecule has 0 bridgehead atoms. The predicted octanol–water partition coefficient (Wildman–Crippen LogP) is 2.53. The molecule has 0 radical (unpaired) electrons. The number of rotatable bonds is 5. The van der Waals surface area contributed by atoms with Crippen molar-refractivity contribution in [3.63, 3.8) is 0 Å². The zero-order valence-electron chi connectivity index (χ0n) is 11.9. The van der Waals surface area contributed by atoms with Crippen LogP contribution in [0.15, 0.2) is 18.2 Å². The summed E-state index contributed by atoms with van der Waals surface area (Å²) >= 11 is 0. The molecule has 110 valence electrons. The molecule has 20 heavy (non-hydrogen) atoms. The molecule has 0 N–H and O–H groups in total. The molecular formula is C15H20O5.